The van der Waals surface area contributed by atoms with Crippen molar-refractivity contribution in [3.63, 3.8) is 0 Å². The van der Waals surface area contributed by atoms with Gasteiger partial charge in [-0.1, -0.05) is 61.4 Å². The molecule has 5 heteroatoms. The molecule has 2 aliphatic rings. The number of carbonyl (C=O) groups excluding carboxylic acids is 1. The number of likely N-dealkylation sites (tertiary alicyclic amines) is 1. The summed E-state index contributed by atoms with van der Waals surface area (Å²) in [7, 11) is 0. The van der Waals surface area contributed by atoms with E-state index in [1.807, 2.05) is 18.2 Å². The van der Waals surface area contributed by atoms with E-state index in [1.54, 1.807) is 0 Å². The number of piperidine rings is 1. The van der Waals surface area contributed by atoms with E-state index < -0.39 is 0 Å². The average Bonchev–Trinajstić information content (AvgIpc) is 2.61. The Morgan fingerprint density at radius 2 is 1.62 bits per heavy atom. The zero-order valence-electron chi connectivity index (χ0n) is 15.5. The number of rotatable bonds is 4. The van der Waals surface area contributed by atoms with Gasteiger partial charge in [-0.3, -0.25) is 9.69 Å². The summed E-state index contributed by atoms with van der Waals surface area (Å²) in [6, 6.07) is 6.23. The van der Waals surface area contributed by atoms with E-state index in [2.05, 4.69) is 10.2 Å². The predicted molar refractivity (Wildman–Crippen MR) is 109 cm³/mol. The Bertz CT molecular complexity index is 592. The topological polar surface area (TPSA) is 32.3 Å². The molecule has 0 spiro atoms. The number of carbonyl (C=O) groups is 1. The fourth-order valence-electron chi connectivity index (χ4n) is 4.17. The van der Waals surface area contributed by atoms with E-state index in [1.165, 1.54) is 37.7 Å². The molecule has 0 aromatic heterocycles. The molecule has 0 atom stereocenters. The molecule has 144 valence electrons. The smallest absolute Gasteiger partial charge is 0.223 e. The van der Waals surface area contributed by atoms with E-state index in [9.17, 15) is 4.79 Å². The summed E-state index contributed by atoms with van der Waals surface area (Å²) in [6.45, 7) is 2.79. The van der Waals surface area contributed by atoms with Gasteiger partial charge in [0.2, 0.25) is 5.91 Å². The summed E-state index contributed by atoms with van der Waals surface area (Å²) in [5.74, 6) is 0.454. The van der Waals surface area contributed by atoms with Gasteiger partial charge in [0.1, 0.15) is 0 Å². The van der Waals surface area contributed by atoms with Gasteiger partial charge in [0, 0.05) is 18.5 Å². The molecule has 3 nitrogen and oxygen atoms in total. The highest BCUT2D eigenvalue weighted by Crippen LogP contribution is 2.25. The lowest BCUT2D eigenvalue weighted by Crippen LogP contribution is -2.43. The van der Waals surface area contributed by atoms with E-state index in [4.69, 9.17) is 23.2 Å². The fraction of sp³-hybridized carbons (Fsp3) is 0.667. The molecular weight excluding hydrogens is 367 g/mol. The van der Waals surface area contributed by atoms with Crippen molar-refractivity contribution in [3.8, 4) is 0 Å². The number of benzene rings is 1. The molecule has 1 amide bonds. The number of amides is 1. The first-order valence-electron chi connectivity index (χ1n) is 10.1. The quantitative estimate of drug-likeness (QED) is 0.734. The summed E-state index contributed by atoms with van der Waals surface area (Å²) < 4.78 is 0. The van der Waals surface area contributed by atoms with Crippen LogP contribution in [0.4, 0.5) is 0 Å². The summed E-state index contributed by atoms with van der Waals surface area (Å²) >= 11 is 12.1. The number of hydrogen-bond acceptors (Lipinski definition) is 2. The molecule has 26 heavy (non-hydrogen) atoms. The van der Waals surface area contributed by atoms with E-state index in [-0.39, 0.29) is 11.8 Å². The predicted octanol–water partition coefficient (Wildman–Crippen LogP) is 5.43. The van der Waals surface area contributed by atoms with Crippen LogP contribution < -0.4 is 5.32 Å². The average molecular weight is 397 g/mol. The van der Waals surface area contributed by atoms with Crippen LogP contribution in [-0.4, -0.2) is 29.9 Å². The van der Waals surface area contributed by atoms with Crippen LogP contribution in [0.1, 0.15) is 63.4 Å². The van der Waals surface area contributed by atoms with Crippen molar-refractivity contribution < 1.29 is 4.79 Å². The number of halogens is 2. The second kappa shape index (κ2) is 9.96. The summed E-state index contributed by atoms with van der Waals surface area (Å²) in [6.07, 6.45) is 10.7. The Kier molecular flexibility index (Phi) is 7.65. The van der Waals surface area contributed by atoms with Gasteiger partial charge < -0.3 is 5.32 Å². The van der Waals surface area contributed by atoms with Crippen molar-refractivity contribution in [1.82, 2.24) is 10.2 Å². The second-order valence-corrected chi connectivity index (χ2v) is 8.66. The lowest BCUT2D eigenvalue weighted by Gasteiger charge is -2.32. The highest BCUT2D eigenvalue weighted by molar-refractivity contribution is 6.42. The molecule has 1 aliphatic carbocycles. The minimum Gasteiger partial charge on any atom is -0.353 e. The Labute approximate surface area is 167 Å². The molecule has 1 aliphatic heterocycles. The summed E-state index contributed by atoms with van der Waals surface area (Å²) in [4.78, 5) is 15.1. The molecular formula is C21H30Cl2N2O. The molecule has 1 saturated heterocycles. The van der Waals surface area contributed by atoms with Crippen LogP contribution in [0.2, 0.25) is 10.0 Å². The third-order valence-corrected chi connectivity index (χ3v) is 6.54. The van der Waals surface area contributed by atoms with Gasteiger partial charge in [0.05, 0.1) is 10.0 Å². The lowest BCUT2D eigenvalue weighted by atomic mass is 9.93. The minimum absolute atomic E-state index is 0.172. The van der Waals surface area contributed by atoms with Crippen molar-refractivity contribution in [3.05, 3.63) is 33.8 Å². The van der Waals surface area contributed by atoms with Crippen molar-refractivity contribution in [2.24, 2.45) is 5.92 Å². The maximum absolute atomic E-state index is 12.6. The highest BCUT2D eigenvalue weighted by atomic mass is 35.5. The Morgan fingerprint density at radius 3 is 2.27 bits per heavy atom. The van der Waals surface area contributed by atoms with Gasteiger partial charge in [0.15, 0.2) is 0 Å². The van der Waals surface area contributed by atoms with Gasteiger partial charge in [-0.25, -0.2) is 0 Å². The monoisotopic (exact) mass is 396 g/mol. The molecule has 0 bridgehead atoms. The highest BCUT2D eigenvalue weighted by Gasteiger charge is 2.26. The van der Waals surface area contributed by atoms with E-state index >= 15 is 0 Å². The molecule has 1 aromatic carbocycles. The molecule has 2 fully saturated rings. The SMILES string of the molecule is O=C(NC1CCCCCCC1)C1CCN(Cc2ccc(Cl)c(Cl)c2)CC1. The van der Waals surface area contributed by atoms with Gasteiger partial charge in [-0.05, 0) is 56.5 Å². The molecule has 3 rings (SSSR count). The van der Waals surface area contributed by atoms with E-state index in [0.29, 0.717) is 16.1 Å². The second-order valence-electron chi connectivity index (χ2n) is 7.85. The molecule has 1 saturated carbocycles. The van der Waals surface area contributed by atoms with Crippen molar-refractivity contribution >= 4 is 29.1 Å². The van der Waals surface area contributed by atoms with Crippen molar-refractivity contribution in [1.29, 1.82) is 0 Å². The third kappa shape index (κ3) is 5.87. The Balaban J connectivity index is 1.43. The van der Waals surface area contributed by atoms with Gasteiger partial charge in [-0.15, -0.1) is 0 Å². The lowest BCUT2D eigenvalue weighted by molar-refractivity contribution is -0.127. The normalized spacial score (nSPS) is 21.2. The number of nitrogens with one attached hydrogen (secondary N) is 1. The first-order chi connectivity index (χ1) is 12.6. The maximum Gasteiger partial charge on any atom is 0.223 e. The fourth-order valence-corrected chi connectivity index (χ4v) is 4.49. The van der Waals surface area contributed by atoms with Crippen LogP contribution in [-0.2, 0) is 11.3 Å². The molecule has 0 radical (unpaired) electrons. The Morgan fingerprint density at radius 1 is 0.962 bits per heavy atom. The first-order valence-corrected chi connectivity index (χ1v) is 10.8. The summed E-state index contributed by atoms with van der Waals surface area (Å²) in [5.41, 5.74) is 1.18. The van der Waals surface area contributed by atoms with E-state index in [0.717, 1.165) is 45.3 Å². The van der Waals surface area contributed by atoms with Crippen LogP contribution in [0.15, 0.2) is 18.2 Å². The molecule has 0 unspecified atom stereocenters. The standard InChI is InChI=1S/C21H30Cl2N2O/c22-19-9-8-16(14-20(19)23)15-25-12-10-17(11-13-25)21(26)24-18-6-4-2-1-3-5-7-18/h8-9,14,17-18H,1-7,10-13,15H2,(H,24,26). The van der Waals surface area contributed by atoms with Gasteiger partial charge in [-0.2, -0.15) is 0 Å². The van der Waals surface area contributed by atoms with Crippen LogP contribution in [0.5, 0.6) is 0 Å². The first kappa shape index (κ1) is 20.0. The van der Waals surface area contributed by atoms with Gasteiger partial charge >= 0.3 is 0 Å². The largest absolute Gasteiger partial charge is 0.353 e. The zero-order valence-corrected chi connectivity index (χ0v) is 17.0. The number of nitrogens with zero attached hydrogens (tertiary/aromatic N) is 1. The third-order valence-electron chi connectivity index (χ3n) is 5.80. The van der Waals surface area contributed by atoms with Gasteiger partial charge in [0.25, 0.3) is 0 Å². The summed E-state index contributed by atoms with van der Waals surface area (Å²) in [5, 5.41) is 4.55. The Hall–Kier alpha value is -0.770. The molecule has 1 heterocycles. The molecule has 1 aromatic rings. The van der Waals surface area contributed by atoms with Crippen molar-refractivity contribution in [2.75, 3.05) is 13.1 Å². The van der Waals surface area contributed by atoms with Crippen LogP contribution in [0, 0.1) is 5.92 Å². The van der Waals surface area contributed by atoms with Crippen LogP contribution in [0.3, 0.4) is 0 Å². The molecule has 1 N–H and O–H groups in total. The maximum atomic E-state index is 12.6. The van der Waals surface area contributed by atoms with Crippen LogP contribution in [0.25, 0.3) is 0 Å². The number of hydrogen-bond donors (Lipinski definition) is 1. The minimum atomic E-state index is 0.172. The van der Waals surface area contributed by atoms with Crippen LogP contribution >= 0.6 is 23.2 Å². The van der Waals surface area contributed by atoms with Crippen molar-refractivity contribution in [2.45, 2.75) is 70.4 Å². The zero-order chi connectivity index (χ0) is 18.4.